The van der Waals surface area contributed by atoms with E-state index in [9.17, 15) is 13.6 Å². The molecular weight excluding hydrogens is 386 g/mol. The Hall–Kier alpha value is -2.83. The fraction of sp³-hybridized carbons (Fsp3) is 0.435. The molecule has 0 radical (unpaired) electrons. The molecule has 1 atom stereocenters. The van der Waals surface area contributed by atoms with Gasteiger partial charge < -0.3 is 9.88 Å². The second kappa shape index (κ2) is 8.90. The number of aromatic nitrogens is 3. The van der Waals surface area contributed by atoms with Crippen LogP contribution in [0.25, 0.3) is 11.2 Å². The molecule has 30 heavy (non-hydrogen) atoms. The molecule has 3 aromatic rings. The Morgan fingerprint density at radius 1 is 1.20 bits per heavy atom. The van der Waals surface area contributed by atoms with Crippen molar-refractivity contribution >= 4 is 17.1 Å². The van der Waals surface area contributed by atoms with Crippen LogP contribution in [0.5, 0.6) is 0 Å². The van der Waals surface area contributed by atoms with E-state index in [1.807, 2.05) is 23.6 Å². The molecule has 1 aromatic carbocycles. The summed E-state index contributed by atoms with van der Waals surface area (Å²) < 4.78 is 28.9. The number of nitrogens with one attached hydrogen (secondary N) is 1. The van der Waals surface area contributed by atoms with Gasteiger partial charge in [0.25, 0.3) is 0 Å². The van der Waals surface area contributed by atoms with Crippen LogP contribution in [0.15, 0.2) is 36.5 Å². The third-order valence-electron chi connectivity index (χ3n) is 5.76. The number of hydrogen-bond donors (Lipinski definition) is 1. The Labute approximate surface area is 174 Å². The highest BCUT2D eigenvalue weighted by Gasteiger charge is 2.22. The lowest BCUT2D eigenvalue weighted by atomic mass is 9.95. The first-order valence-electron chi connectivity index (χ1n) is 10.6. The summed E-state index contributed by atoms with van der Waals surface area (Å²) in [6, 6.07) is 7.80. The van der Waals surface area contributed by atoms with Crippen LogP contribution in [0, 0.1) is 11.6 Å². The van der Waals surface area contributed by atoms with Gasteiger partial charge in [-0.05, 0) is 42.7 Å². The lowest BCUT2D eigenvalue weighted by molar-refractivity contribution is -0.122. The number of nitrogens with zero attached hydrogens (tertiary/aromatic N) is 3. The molecule has 7 heteroatoms. The van der Waals surface area contributed by atoms with Crippen LogP contribution in [0.4, 0.5) is 8.78 Å². The average Bonchev–Trinajstić information content (AvgIpc) is 3.10. The van der Waals surface area contributed by atoms with Crippen molar-refractivity contribution in [2.75, 3.05) is 0 Å². The number of fused-ring (bicyclic) bond motifs is 1. The van der Waals surface area contributed by atoms with Crippen LogP contribution in [0.2, 0.25) is 0 Å². The fourth-order valence-electron chi connectivity index (χ4n) is 4.23. The van der Waals surface area contributed by atoms with Gasteiger partial charge in [-0.25, -0.2) is 18.7 Å². The molecule has 1 saturated carbocycles. The number of rotatable bonds is 6. The third kappa shape index (κ3) is 4.50. The summed E-state index contributed by atoms with van der Waals surface area (Å²) in [6.07, 6.45) is 7.64. The molecule has 1 N–H and O–H groups in total. The van der Waals surface area contributed by atoms with Crippen molar-refractivity contribution < 1.29 is 13.6 Å². The van der Waals surface area contributed by atoms with E-state index in [1.165, 1.54) is 12.5 Å². The molecule has 1 aliphatic rings. The number of carbonyl (C=O) groups excluding carboxylic acids is 1. The van der Waals surface area contributed by atoms with Crippen molar-refractivity contribution in [3.05, 3.63) is 59.6 Å². The highest BCUT2D eigenvalue weighted by atomic mass is 19.2. The molecule has 4 rings (SSSR count). The Kier molecular flexibility index (Phi) is 6.06. The lowest BCUT2D eigenvalue weighted by Gasteiger charge is -2.23. The fourth-order valence-corrected chi connectivity index (χ4v) is 4.23. The maximum atomic E-state index is 13.7. The quantitative estimate of drug-likeness (QED) is 0.638. The summed E-state index contributed by atoms with van der Waals surface area (Å²) in [6.45, 7) is 2.26. The maximum Gasteiger partial charge on any atom is 0.220 e. The maximum absolute atomic E-state index is 13.7. The van der Waals surface area contributed by atoms with Gasteiger partial charge in [-0.1, -0.05) is 32.3 Å². The van der Waals surface area contributed by atoms with Gasteiger partial charge in [0.1, 0.15) is 11.3 Å². The van der Waals surface area contributed by atoms with E-state index in [4.69, 9.17) is 4.98 Å². The SMILES string of the molecule is CC(CC(=O)NC1CCCCC1)c1nc2cccnc2n1Cc1ccc(F)c(F)c1. The van der Waals surface area contributed by atoms with Crippen molar-refractivity contribution in [1.82, 2.24) is 19.9 Å². The molecular formula is C23H26F2N4O. The average molecular weight is 412 g/mol. The zero-order valence-electron chi connectivity index (χ0n) is 17.1. The summed E-state index contributed by atoms with van der Waals surface area (Å²) in [7, 11) is 0. The van der Waals surface area contributed by atoms with Gasteiger partial charge in [-0.15, -0.1) is 0 Å². The first-order chi connectivity index (χ1) is 14.5. The van der Waals surface area contributed by atoms with Crippen LogP contribution in [-0.4, -0.2) is 26.5 Å². The van der Waals surface area contributed by atoms with Gasteiger partial charge >= 0.3 is 0 Å². The molecule has 5 nitrogen and oxygen atoms in total. The molecule has 1 amide bonds. The van der Waals surface area contributed by atoms with Gasteiger partial charge in [0.15, 0.2) is 17.3 Å². The van der Waals surface area contributed by atoms with Gasteiger partial charge in [0, 0.05) is 24.6 Å². The predicted octanol–water partition coefficient (Wildman–Crippen LogP) is 4.70. The van der Waals surface area contributed by atoms with Crippen LogP contribution < -0.4 is 5.32 Å². The van der Waals surface area contributed by atoms with Gasteiger partial charge in [-0.2, -0.15) is 0 Å². The zero-order valence-corrected chi connectivity index (χ0v) is 17.1. The molecule has 1 unspecified atom stereocenters. The number of amides is 1. The Morgan fingerprint density at radius 3 is 2.77 bits per heavy atom. The zero-order chi connectivity index (χ0) is 21.1. The molecule has 2 aromatic heterocycles. The van der Waals surface area contributed by atoms with Crippen molar-refractivity contribution in [3.63, 3.8) is 0 Å². The van der Waals surface area contributed by atoms with Crippen LogP contribution >= 0.6 is 0 Å². The van der Waals surface area contributed by atoms with Crippen molar-refractivity contribution in [3.8, 4) is 0 Å². The summed E-state index contributed by atoms with van der Waals surface area (Å²) in [5, 5.41) is 3.15. The second-order valence-corrected chi connectivity index (χ2v) is 8.16. The Morgan fingerprint density at radius 2 is 2.00 bits per heavy atom. The van der Waals surface area contributed by atoms with Crippen molar-refractivity contribution in [2.45, 2.75) is 64.0 Å². The highest BCUT2D eigenvalue weighted by Crippen LogP contribution is 2.25. The Balaban J connectivity index is 1.57. The van der Waals surface area contributed by atoms with Gasteiger partial charge in [-0.3, -0.25) is 4.79 Å². The standard InChI is InChI=1S/C23H26F2N4O/c1-15(12-21(30)27-17-6-3-2-4-7-17)22-28-20-8-5-11-26-23(20)29(22)14-16-9-10-18(24)19(25)13-16/h5,8-11,13,15,17H,2-4,6-7,12,14H2,1H3,(H,27,30). The second-order valence-electron chi connectivity index (χ2n) is 8.16. The van der Waals surface area contributed by atoms with E-state index in [-0.39, 0.29) is 17.9 Å². The van der Waals surface area contributed by atoms with E-state index in [0.29, 0.717) is 30.0 Å². The molecule has 0 spiro atoms. The summed E-state index contributed by atoms with van der Waals surface area (Å²) >= 11 is 0. The monoisotopic (exact) mass is 412 g/mol. The molecule has 1 fully saturated rings. The van der Waals surface area contributed by atoms with E-state index in [2.05, 4.69) is 10.3 Å². The number of imidazole rings is 1. The van der Waals surface area contributed by atoms with Gasteiger partial charge in [0.2, 0.25) is 5.91 Å². The largest absolute Gasteiger partial charge is 0.353 e. The Bertz CT molecular complexity index is 1040. The van der Waals surface area contributed by atoms with Crippen LogP contribution in [0.3, 0.4) is 0 Å². The number of benzene rings is 1. The summed E-state index contributed by atoms with van der Waals surface area (Å²) in [4.78, 5) is 21.7. The lowest BCUT2D eigenvalue weighted by Crippen LogP contribution is -2.36. The van der Waals surface area contributed by atoms with E-state index in [0.717, 1.165) is 37.3 Å². The number of carbonyl (C=O) groups is 1. The van der Waals surface area contributed by atoms with E-state index < -0.39 is 11.6 Å². The predicted molar refractivity (Wildman–Crippen MR) is 111 cm³/mol. The third-order valence-corrected chi connectivity index (χ3v) is 5.76. The van der Waals surface area contributed by atoms with Gasteiger partial charge in [0.05, 0.1) is 6.54 Å². The first-order valence-corrected chi connectivity index (χ1v) is 10.6. The molecule has 0 aliphatic heterocycles. The minimum Gasteiger partial charge on any atom is -0.353 e. The number of pyridine rings is 1. The van der Waals surface area contributed by atoms with Crippen LogP contribution in [0.1, 0.15) is 62.8 Å². The van der Waals surface area contributed by atoms with E-state index >= 15 is 0 Å². The minimum atomic E-state index is -0.883. The molecule has 2 heterocycles. The molecule has 0 bridgehead atoms. The van der Waals surface area contributed by atoms with Crippen molar-refractivity contribution in [2.24, 2.45) is 0 Å². The van der Waals surface area contributed by atoms with Crippen LogP contribution in [-0.2, 0) is 11.3 Å². The number of hydrogen-bond acceptors (Lipinski definition) is 3. The molecule has 0 saturated heterocycles. The number of halogens is 2. The van der Waals surface area contributed by atoms with E-state index in [1.54, 1.807) is 12.3 Å². The summed E-state index contributed by atoms with van der Waals surface area (Å²) in [5.74, 6) is -1.17. The highest BCUT2D eigenvalue weighted by molar-refractivity contribution is 5.77. The van der Waals surface area contributed by atoms with Crippen molar-refractivity contribution in [1.29, 1.82) is 0 Å². The summed E-state index contributed by atoms with van der Waals surface area (Å²) in [5.41, 5.74) is 1.99. The first kappa shape index (κ1) is 20.4. The normalized spacial score (nSPS) is 16.0. The topological polar surface area (TPSA) is 59.8 Å². The molecule has 1 aliphatic carbocycles. The smallest absolute Gasteiger partial charge is 0.220 e. The minimum absolute atomic E-state index is 0.0220. The molecule has 158 valence electrons.